The van der Waals surface area contributed by atoms with Crippen LogP contribution in [0.3, 0.4) is 0 Å². The van der Waals surface area contributed by atoms with Crippen molar-refractivity contribution in [2.45, 2.75) is 12.6 Å². The number of aromatic nitrogens is 1. The molecule has 4 nitrogen and oxygen atoms in total. The second kappa shape index (κ2) is 5.96. The summed E-state index contributed by atoms with van der Waals surface area (Å²) in [5.74, 6) is 0. The van der Waals surface area contributed by atoms with E-state index in [2.05, 4.69) is 40.4 Å². The first-order chi connectivity index (χ1) is 9.31. The lowest BCUT2D eigenvalue weighted by atomic mass is 10.3. The number of para-hydroxylation sites is 1. The molecule has 1 atom stereocenters. The van der Waals surface area contributed by atoms with Crippen LogP contribution in [-0.2, 0) is 11.3 Å². The van der Waals surface area contributed by atoms with Crippen molar-refractivity contribution in [2.75, 3.05) is 33.3 Å². The lowest BCUT2D eigenvalue weighted by Crippen LogP contribution is -2.44. The van der Waals surface area contributed by atoms with Crippen LogP contribution in [0, 0.1) is 0 Å². The number of nitrogens with one attached hydrogen (secondary N) is 1. The molecule has 2 aromatic rings. The summed E-state index contributed by atoms with van der Waals surface area (Å²) in [6, 6.07) is 8.31. The van der Waals surface area contributed by atoms with Gasteiger partial charge in [0.15, 0.2) is 0 Å². The van der Waals surface area contributed by atoms with Gasteiger partial charge in [0.25, 0.3) is 0 Å². The fraction of sp³-hybridized carbons (Fsp3) is 0.500. The number of fused-ring (bicyclic) bond motifs is 1. The van der Waals surface area contributed by atoms with E-state index in [0.29, 0.717) is 6.10 Å². The molecule has 1 unspecified atom stereocenters. The highest BCUT2D eigenvalue weighted by atomic mass is 32.1. The van der Waals surface area contributed by atoms with Crippen molar-refractivity contribution in [1.82, 2.24) is 15.2 Å². The van der Waals surface area contributed by atoms with E-state index in [9.17, 15) is 0 Å². The quantitative estimate of drug-likeness (QED) is 0.923. The molecule has 0 aliphatic carbocycles. The van der Waals surface area contributed by atoms with Gasteiger partial charge in [-0.25, -0.2) is 4.98 Å². The third-order valence-corrected chi connectivity index (χ3v) is 4.28. The molecule has 0 amide bonds. The van der Waals surface area contributed by atoms with Crippen LogP contribution in [0.1, 0.15) is 5.01 Å². The van der Waals surface area contributed by atoms with Crippen molar-refractivity contribution >= 4 is 21.6 Å². The molecule has 1 aromatic heterocycles. The standard InChI is InChI=1S/C14H19N3OS/c1-17(9-11-8-15-6-7-18-11)10-14-16-12-4-2-3-5-13(12)19-14/h2-5,11,15H,6-10H2,1H3. The summed E-state index contributed by atoms with van der Waals surface area (Å²) in [6.07, 6.45) is 0.299. The Kier molecular flexibility index (Phi) is 4.08. The van der Waals surface area contributed by atoms with Gasteiger partial charge in [-0.3, -0.25) is 4.90 Å². The molecular weight excluding hydrogens is 258 g/mol. The highest BCUT2D eigenvalue weighted by molar-refractivity contribution is 7.18. The molecule has 0 bridgehead atoms. The summed E-state index contributed by atoms with van der Waals surface area (Å²) < 4.78 is 6.99. The summed E-state index contributed by atoms with van der Waals surface area (Å²) in [5.41, 5.74) is 1.10. The van der Waals surface area contributed by atoms with Crippen LogP contribution in [-0.4, -0.2) is 49.3 Å². The van der Waals surface area contributed by atoms with Gasteiger partial charge in [-0.2, -0.15) is 0 Å². The van der Waals surface area contributed by atoms with Crippen molar-refractivity contribution in [3.63, 3.8) is 0 Å². The number of nitrogens with zero attached hydrogens (tertiary/aromatic N) is 2. The van der Waals surface area contributed by atoms with Gasteiger partial charge in [-0.15, -0.1) is 11.3 Å². The third-order valence-electron chi connectivity index (χ3n) is 3.26. The average Bonchev–Trinajstić information content (AvgIpc) is 2.81. The Labute approximate surface area is 117 Å². The lowest BCUT2D eigenvalue weighted by Gasteiger charge is -2.27. The molecule has 19 heavy (non-hydrogen) atoms. The molecular formula is C14H19N3OS. The first-order valence-electron chi connectivity index (χ1n) is 6.66. The van der Waals surface area contributed by atoms with E-state index in [0.717, 1.165) is 38.3 Å². The van der Waals surface area contributed by atoms with Gasteiger partial charge in [-0.1, -0.05) is 12.1 Å². The van der Waals surface area contributed by atoms with Gasteiger partial charge in [-0.05, 0) is 19.2 Å². The first-order valence-corrected chi connectivity index (χ1v) is 7.48. The fourth-order valence-electron chi connectivity index (χ4n) is 2.37. The Balaban J connectivity index is 1.60. The zero-order valence-electron chi connectivity index (χ0n) is 11.1. The molecule has 5 heteroatoms. The normalized spacial score (nSPS) is 20.2. The van der Waals surface area contributed by atoms with Crippen LogP contribution in [0.2, 0.25) is 0 Å². The number of hydrogen-bond acceptors (Lipinski definition) is 5. The summed E-state index contributed by atoms with van der Waals surface area (Å²) >= 11 is 1.78. The Bertz CT molecular complexity index is 503. The number of ether oxygens (including phenoxy) is 1. The first kappa shape index (κ1) is 13.0. The zero-order valence-corrected chi connectivity index (χ0v) is 11.9. The minimum absolute atomic E-state index is 0.299. The maximum Gasteiger partial charge on any atom is 0.108 e. The summed E-state index contributed by atoms with van der Waals surface area (Å²) in [7, 11) is 2.13. The predicted octanol–water partition coefficient (Wildman–Crippen LogP) is 1.72. The van der Waals surface area contributed by atoms with Crippen LogP contribution < -0.4 is 5.32 Å². The van der Waals surface area contributed by atoms with E-state index < -0.39 is 0 Å². The van der Waals surface area contributed by atoms with E-state index in [-0.39, 0.29) is 0 Å². The fourth-order valence-corrected chi connectivity index (χ4v) is 3.42. The second-order valence-corrected chi connectivity index (χ2v) is 6.08. The topological polar surface area (TPSA) is 37.4 Å². The molecule has 1 saturated heterocycles. The summed E-state index contributed by atoms with van der Waals surface area (Å²) in [6.45, 7) is 4.57. The van der Waals surface area contributed by atoms with Gasteiger partial charge in [0.1, 0.15) is 5.01 Å². The highest BCUT2D eigenvalue weighted by Gasteiger charge is 2.16. The number of hydrogen-bond donors (Lipinski definition) is 1. The van der Waals surface area contributed by atoms with Crippen LogP contribution in [0.25, 0.3) is 10.2 Å². The molecule has 1 N–H and O–H groups in total. The van der Waals surface area contributed by atoms with E-state index >= 15 is 0 Å². The van der Waals surface area contributed by atoms with Gasteiger partial charge >= 0.3 is 0 Å². The number of benzene rings is 1. The Hall–Kier alpha value is -1.01. The van der Waals surface area contributed by atoms with Gasteiger partial charge < -0.3 is 10.1 Å². The van der Waals surface area contributed by atoms with E-state index in [4.69, 9.17) is 4.74 Å². The maximum absolute atomic E-state index is 5.72. The second-order valence-electron chi connectivity index (χ2n) is 4.97. The Morgan fingerprint density at radius 3 is 3.16 bits per heavy atom. The number of morpholine rings is 1. The van der Waals surface area contributed by atoms with Crippen LogP contribution in [0.5, 0.6) is 0 Å². The minimum Gasteiger partial charge on any atom is -0.374 e. The van der Waals surface area contributed by atoms with E-state index in [1.165, 1.54) is 9.71 Å². The molecule has 2 heterocycles. The summed E-state index contributed by atoms with van der Waals surface area (Å²) in [4.78, 5) is 6.95. The number of rotatable bonds is 4. The smallest absolute Gasteiger partial charge is 0.108 e. The molecule has 0 saturated carbocycles. The van der Waals surface area contributed by atoms with Crippen molar-refractivity contribution in [3.8, 4) is 0 Å². The van der Waals surface area contributed by atoms with Crippen LogP contribution >= 0.6 is 11.3 Å². The van der Waals surface area contributed by atoms with Gasteiger partial charge in [0.2, 0.25) is 0 Å². The van der Waals surface area contributed by atoms with Crippen molar-refractivity contribution in [3.05, 3.63) is 29.3 Å². The van der Waals surface area contributed by atoms with Gasteiger partial charge in [0, 0.05) is 19.6 Å². The molecule has 0 radical (unpaired) electrons. The maximum atomic E-state index is 5.72. The van der Waals surface area contributed by atoms with Gasteiger partial charge in [0.05, 0.1) is 29.5 Å². The largest absolute Gasteiger partial charge is 0.374 e. The number of likely N-dealkylation sites (N-methyl/N-ethyl adjacent to an activating group) is 1. The molecule has 3 rings (SSSR count). The van der Waals surface area contributed by atoms with Crippen molar-refractivity contribution < 1.29 is 4.74 Å². The number of thiazole rings is 1. The highest BCUT2D eigenvalue weighted by Crippen LogP contribution is 2.22. The lowest BCUT2D eigenvalue weighted by molar-refractivity contribution is 0.00885. The van der Waals surface area contributed by atoms with E-state index in [1.54, 1.807) is 11.3 Å². The SMILES string of the molecule is CN(Cc1nc2ccccc2s1)CC1CNCCO1. The molecule has 1 fully saturated rings. The van der Waals surface area contributed by atoms with Crippen LogP contribution in [0.15, 0.2) is 24.3 Å². The monoisotopic (exact) mass is 277 g/mol. The average molecular weight is 277 g/mol. The Morgan fingerprint density at radius 2 is 2.37 bits per heavy atom. The molecule has 102 valence electrons. The molecule has 1 aromatic carbocycles. The Morgan fingerprint density at radius 1 is 1.47 bits per heavy atom. The van der Waals surface area contributed by atoms with Crippen molar-refractivity contribution in [2.24, 2.45) is 0 Å². The third kappa shape index (κ3) is 3.30. The molecule has 0 spiro atoms. The predicted molar refractivity (Wildman–Crippen MR) is 78.6 cm³/mol. The van der Waals surface area contributed by atoms with E-state index in [1.807, 2.05) is 6.07 Å². The summed E-state index contributed by atoms with van der Waals surface area (Å²) in [5, 5.41) is 4.53. The zero-order chi connectivity index (χ0) is 13.1. The minimum atomic E-state index is 0.299. The molecule has 1 aliphatic rings. The molecule has 1 aliphatic heterocycles. The van der Waals surface area contributed by atoms with Crippen LogP contribution in [0.4, 0.5) is 0 Å². The van der Waals surface area contributed by atoms with Crippen molar-refractivity contribution in [1.29, 1.82) is 0 Å².